The monoisotopic (exact) mass is 430 g/mol. The Hall–Kier alpha value is -2.81. The molecule has 0 bridgehead atoms. The minimum Gasteiger partial charge on any atom is -0.360 e. The van der Waals surface area contributed by atoms with Crippen LogP contribution < -0.4 is 16.0 Å². The van der Waals surface area contributed by atoms with Crippen LogP contribution in [0.5, 0.6) is 0 Å². The van der Waals surface area contributed by atoms with Gasteiger partial charge in [0, 0.05) is 18.5 Å². The molecule has 1 aromatic heterocycles. The SMILES string of the molecule is Cc1cc(NC(=O)C(C)SCC(=O)NC(Cc2ccccc2)C(=O)NC2CC2)no1. The summed E-state index contributed by atoms with van der Waals surface area (Å²) >= 11 is 1.19. The van der Waals surface area contributed by atoms with Gasteiger partial charge < -0.3 is 20.5 Å². The third-order valence-corrected chi connectivity index (χ3v) is 5.71. The van der Waals surface area contributed by atoms with Gasteiger partial charge in [0.25, 0.3) is 0 Å². The van der Waals surface area contributed by atoms with Crippen LogP contribution in [-0.4, -0.2) is 46.0 Å². The Labute approximate surface area is 179 Å². The van der Waals surface area contributed by atoms with Crippen LogP contribution in [0, 0.1) is 6.92 Å². The number of rotatable bonds is 10. The minimum absolute atomic E-state index is 0.0639. The van der Waals surface area contributed by atoms with Crippen LogP contribution in [-0.2, 0) is 20.8 Å². The van der Waals surface area contributed by atoms with E-state index in [9.17, 15) is 14.4 Å². The first-order valence-corrected chi connectivity index (χ1v) is 10.9. The van der Waals surface area contributed by atoms with Crippen molar-refractivity contribution in [3.8, 4) is 0 Å². The summed E-state index contributed by atoms with van der Waals surface area (Å²) in [6, 6.07) is 10.7. The van der Waals surface area contributed by atoms with Crippen LogP contribution in [0.2, 0.25) is 0 Å². The van der Waals surface area contributed by atoms with Crippen molar-refractivity contribution in [3.05, 3.63) is 47.7 Å². The van der Waals surface area contributed by atoms with Crippen LogP contribution >= 0.6 is 11.8 Å². The van der Waals surface area contributed by atoms with Gasteiger partial charge in [0.2, 0.25) is 17.7 Å². The summed E-state index contributed by atoms with van der Waals surface area (Å²) in [4.78, 5) is 37.3. The molecule has 0 saturated heterocycles. The smallest absolute Gasteiger partial charge is 0.243 e. The van der Waals surface area contributed by atoms with Gasteiger partial charge >= 0.3 is 0 Å². The van der Waals surface area contributed by atoms with E-state index in [-0.39, 0.29) is 29.5 Å². The number of carbonyl (C=O) groups excluding carboxylic acids is 3. The molecule has 0 radical (unpaired) electrons. The fourth-order valence-corrected chi connectivity index (χ4v) is 3.45. The third-order valence-electron chi connectivity index (χ3n) is 4.57. The summed E-state index contributed by atoms with van der Waals surface area (Å²) in [5.41, 5.74) is 0.969. The Kier molecular flexibility index (Phi) is 7.51. The van der Waals surface area contributed by atoms with E-state index in [1.807, 2.05) is 30.3 Å². The molecule has 2 aromatic rings. The van der Waals surface area contributed by atoms with Crippen LogP contribution in [0.4, 0.5) is 5.82 Å². The van der Waals surface area contributed by atoms with Gasteiger partial charge in [-0.05, 0) is 32.3 Å². The van der Waals surface area contributed by atoms with Crippen molar-refractivity contribution in [2.24, 2.45) is 0 Å². The normalized spacial score (nSPS) is 15.1. The van der Waals surface area contributed by atoms with Crippen LogP contribution in [0.1, 0.15) is 31.1 Å². The lowest BCUT2D eigenvalue weighted by atomic mass is 10.1. The van der Waals surface area contributed by atoms with E-state index in [0.29, 0.717) is 18.0 Å². The molecule has 9 heteroatoms. The predicted octanol–water partition coefficient (Wildman–Crippen LogP) is 2.05. The minimum atomic E-state index is -0.650. The maximum atomic E-state index is 12.6. The largest absolute Gasteiger partial charge is 0.360 e. The predicted molar refractivity (Wildman–Crippen MR) is 115 cm³/mol. The number of nitrogens with one attached hydrogen (secondary N) is 3. The molecule has 1 saturated carbocycles. The first-order valence-electron chi connectivity index (χ1n) is 9.90. The second kappa shape index (κ2) is 10.3. The number of nitrogens with zero attached hydrogens (tertiary/aromatic N) is 1. The van der Waals surface area contributed by atoms with Crippen LogP contribution in [0.3, 0.4) is 0 Å². The van der Waals surface area contributed by atoms with E-state index < -0.39 is 11.3 Å². The molecule has 1 aromatic carbocycles. The average molecular weight is 431 g/mol. The molecule has 0 aliphatic heterocycles. The van der Waals surface area contributed by atoms with E-state index in [2.05, 4.69) is 21.1 Å². The summed E-state index contributed by atoms with van der Waals surface area (Å²) in [6.45, 7) is 3.44. The van der Waals surface area contributed by atoms with E-state index in [0.717, 1.165) is 18.4 Å². The molecule has 3 N–H and O–H groups in total. The summed E-state index contributed by atoms with van der Waals surface area (Å²) in [7, 11) is 0. The molecule has 2 unspecified atom stereocenters. The zero-order valence-electron chi connectivity index (χ0n) is 17.0. The zero-order chi connectivity index (χ0) is 21.5. The number of amides is 3. The number of benzene rings is 1. The average Bonchev–Trinajstić information content (AvgIpc) is 3.45. The Balaban J connectivity index is 1.50. The second-order valence-electron chi connectivity index (χ2n) is 7.36. The highest BCUT2D eigenvalue weighted by Gasteiger charge is 2.28. The van der Waals surface area contributed by atoms with Gasteiger partial charge in [-0.15, -0.1) is 11.8 Å². The Morgan fingerprint density at radius 1 is 1.20 bits per heavy atom. The van der Waals surface area contributed by atoms with E-state index >= 15 is 0 Å². The fraction of sp³-hybridized carbons (Fsp3) is 0.429. The van der Waals surface area contributed by atoms with Crippen molar-refractivity contribution < 1.29 is 18.9 Å². The molecule has 3 rings (SSSR count). The molecule has 8 nitrogen and oxygen atoms in total. The number of hydrogen-bond acceptors (Lipinski definition) is 6. The lowest BCUT2D eigenvalue weighted by molar-refractivity contribution is -0.128. The lowest BCUT2D eigenvalue weighted by Crippen LogP contribution is -2.49. The van der Waals surface area contributed by atoms with Crippen LogP contribution in [0.15, 0.2) is 40.9 Å². The topological polar surface area (TPSA) is 113 Å². The number of carbonyl (C=O) groups is 3. The van der Waals surface area contributed by atoms with Gasteiger partial charge in [0.15, 0.2) is 5.82 Å². The Morgan fingerprint density at radius 3 is 2.57 bits per heavy atom. The number of aryl methyl sites for hydroxylation is 1. The van der Waals surface area contributed by atoms with Crippen molar-refractivity contribution in [3.63, 3.8) is 0 Å². The number of aromatic nitrogens is 1. The molecule has 1 heterocycles. The highest BCUT2D eigenvalue weighted by molar-refractivity contribution is 8.01. The van der Waals surface area contributed by atoms with Gasteiger partial charge in [-0.25, -0.2) is 0 Å². The summed E-state index contributed by atoms with van der Waals surface area (Å²) in [5, 5.41) is 11.7. The lowest BCUT2D eigenvalue weighted by Gasteiger charge is -2.19. The fourth-order valence-electron chi connectivity index (χ4n) is 2.75. The molecular formula is C21H26N4O4S. The van der Waals surface area contributed by atoms with Gasteiger partial charge in [0.05, 0.1) is 11.0 Å². The number of thioether (sulfide) groups is 1. The maximum Gasteiger partial charge on any atom is 0.243 e. The molecule has 1 aliphatic carbocycles. The van der Waals surface area contributed by atoms with Crippen molar-refractivity contribution in [1.29, 1.82) is 0 Å². The molecular weight excluding hydrogens is 404 g/mol. The molecule has 30 heavy (non-hydrogen) atoms. The zero-order valence-corrected chi connectivity index (χ0v) is 17.8. The van der Waals surface area contributed by atoms with Gasteiger partial charge in [-0.3, -0.25) is 14.4 Å². The third kappa shape index (κ3) is 6.91. The molecule has 0 spiro atoms. The van der Waals surface area contributed by atoms with Crippen molar-refractivity contribution >= 4 is 35.3 Å². The molecule has 160 valence electrons. The van der Waals surface area contributed by atoms with Gasteiger partial charge in [0.1, 0.15) is 11.8 Å². The molecule has 2 atom stereocenters. The highest BCUT2D eigenvalue weighted by atomic mass is 32.2. The molecule has 3 amide bonds. The standard InChI is InChI=1S/C21H26N4O4S/c1-13-10-18(25-29-13)24-20(27)14(2)30-12-19(26)23-17(21(28)22-16-8-9-16)11-15-6-4-3-5-7-15/h3-7,10,14,16-17H,8-9,11-12H2,1-2H3,(H,22,28)(H,23,26)(H,24,25,27). The summed E-state index contributed by atoms with van der Waals surface area (Å²) in [6.07, 6.45) is 2.37. The van der Waals surface area contributed by atoms with Crippen molar-refractivity contribution in [2.75, 3.05) is 11.1 Å². The molecule has 1 aliphatic rings. The summed E-state index contributed by atoms with van der Waals surface area (Å²) < 4.78 is 4.92. The van der Waals surface area contributed by atoms with Crippen LogP contribution in [0.25, 0.3) is 0 Å². The first-order chi connectivity index (χ1) is 14.4. The quantitative estimate of drug-likeness (QED) is 0.532. The number of hydrogen-bond donors (Lipinski definition) is 3. The van der Waals surface area contributed by atoms with E-state index in [1.54, 1.807) is 19.9 Å². The van der Waals surface area contributed by atoms with Gasteiger partial charge in [-0.1, -0.05) is 35.5 Å². The second-order valence-corrected chi connectivity index (χ2v) is 8.69. The Bertz CT molecular complexity index is 882. The molecule has 1 fully saturated rings. The Morgan fingerprint density at radius 2 is 1.93 bits per heavy atom. The van der Waals surface area contributed by atoms with Gasteiger partial charge in [-0.2, -0.15) is 0 Å². The van der Waals surface area contributed by atoms with E-state index in [4.69, 9.17) is 4.52 Å². The van der Waals surface area contributed by atoms with E-state index in [1.165, 1.54) is 11.8 Å². The number of anilines is 1. The highest BCUT2D eigenvalue weighted by Crippen LogP contribution is 2.19. The van der Waals surface area contributed by atoms with Crippen molar-refractivity contribution in [1.82, 2.24) is 15.8 Å². The van der Waals surface area contributed by atoms with Crippen molar-refractivity contribution in [2.45, 2.75) is 50.4 Å². The first kappa shape index (κ1) is 21.9. The summed E-state index contributed by atoms with van der Waals surface area (Å²) in [5.74, 6) is 0.270. The maximum absolute atomic E-state index is 12.6.